The van der Waals surface area contributed by atoms with Crippen LogP contribution in [0.25, 0.3) is 22.2 Å². The van der Waals surface area contributed by atoms with E-state index >= 15 is 0 Å². The monoisotopic (exact) mass is 387 g/mol. The fourth-order valence-electron chi connectivity index (χ4n) is 3.80. The average molecular weight is 387 g/mol. The molecule has 0 spiro atoms. The Balaban J connectivity index is 1.69. The molecule has 28 heavy (non-hydrogen) atoms. The van der Waals surface area contributed by atoms with Gasteiger partial charge in [0.2, 0.25) is 5.91 Å². The van der Waals surface area contributed by atoms with Crippen LogP contribution in [0.2, 0.25) is 0 Å². The molecule has 0 saturated carbocycles. The maximum absolute atomic E-state index is 14.3. The third-order valence-corrected chi connectivity index (χ3v) is 5.20. The Hall–Kier alpha value is -2.80. The molecule has 0 unspecified atom stereocenters. The molecule has 4 nitrogen and oxygen atoms in total. The lowest BCUT2D eigenvalue weighted by atomic mass is 9.89. The first-order valence-electron chi connectivity index (χ1n) is 9.14. The van der Waals surface area contributed by atoms with Crippen LogP contribution in [0, 0.1) is 23.4 Å². The zero-order valence-corrected chi connectivity index (χ0v) is 15.4. The number of halogens is 3. The van der Waals surface area contributed by atoms with Crippen LogP contribution >= 0.6 is 0 Å². The number of likely N-dealkylation sites (tertiary alicyclic amines) is 1. The summed E-state index contributed by atoms with van der Waals surface area (Å²) < 4.78 is 41.5. The fraction of sp³-hybridized carbons (Fsp3) is 0.286. The Morgan fingerprint density at radius 2 is 1.86 bits per heavy atom. The van der Waals surface area contributed by atoms with Crippen molar-refractivity contribution in [3.05, 3.63) is 59.4 Å². The molecule has 2 heterocycles. The standard InChI is InChI=1S/C21H20F3N3O/c1-25-9-19(28)27-10-12(11-27)6-16-17-7-15(23)8-18(24)21(17)26-20(16)13-2-4-14(22)5-3-13/h2-5,7-8,12,25-26H,6,9-11H2,1H3. The number of amides is 1. The number of nitrogens with one attached hydrogen (secondary N) is 2. The molecular weight excluding hydrogens is 367 g/mol. The molecule has 1 aliphatic heterocycles. The summed E-state index contributed by atoms with van der Waals surface area (Å²) in [7, 11) is 1.72. The highest BCUT2D eigenvalue weighted by Crippen LogP contribution is 2.35. The van der Waals surface area contributed by atoms with E-state index in [-0.39, 0.29) is 29.7 Å². The van der Waals surface area contributed by atoms with Crippen molar-refractivity contribution >= 4 is 16.8 Å². The molecule has 1 saturated heterocycles. The lowest BCUT2D eigenvalue weighted by Gasteiger charge is -2.39. The van der Waals surface area contributed by atoms with E-state index in [9.17, 15) is 18.0 Å². The Morgan fingerprint density at radius 1 is 1.14 bits per heavy atom. The van der Waals surface area contributed by atoms with Gasteiger partial charge < -0.3 is 15.2 Å². The summed E-state index contributed by atoms with van der Waals surface area (Å²) >= 11 is 0. The van der Waals surface area contributed by atoms with Crippen molar-refractivity contribution in [2.75, 3.05) is 26.7 Å². The largest absolute Gasteiger partial charge is 0.352 e. The Morgan fingerprint density at radius 3 is 2.54 bits per heavy atom. The molecule has 1 fully saturated rings. The van der Waals surface area contributed by atoms with Crippen molar-refractivity contribution in [1.82, 2.24) is 15.2 Å². The summed E-state index contributed by atoms with van der Waals surface area (Å²) in [6.07, 6.45) is 0.568. The van der Waals surface area contributed by atoms with Gasteiger partial charge in [0.15, 0.2) is 0 Å². The summed E-state index contributed by atoms with van der Waals surface area (Å²) in [5.74, 6) is -1.44. The lowest BCUT2D eigenvalue weighted by molar-refractivity contribution is -0.136. The molecule has 3 aromatic rings. The minimum Gasteiger partial charge on any atom is -0.352 e. The van der Waals surface area contributed by atoms with Crippen molar-refractivity contribution in [3.8, 4) is 11.3 Å². The predicted octanol–water partition coefficient (Wildman–Crippen LogP) is 3.47. The molecule has 1 aromatic heterocycles. The van der Waals surface area contributed by atoms with Gasteiger partial charge in [0.05, 0.1) is 12.1 Å². The van der Waals surface area contributed by atoms with Crippen LogP contribution in [0.1, 0.15) is 5.56 Å². The number of fused-ring (bicyclic) bond motifs is 1. The van der Waals surface area contributed by atoms with E-state index in [2.05, 4.69) is 10.3 Å². The first-order chi connectivity index (χ1) is 13.5. The number of rotatable bonds is 5. The second-order valence-corrected chi connectivity index (χ2v) is 7.19. The van der Waals surface area contributed by atoms with E-state index in [0.29, 0.717) is 36.2 Å². The van der Waals surface area contributed by atoms with Gasteiger partial charge in [-0.05, 0) is 60.8 Å². The first kappa shape index (κ1) is 18.6. The summed E-state index contributed by atoms with van der Waals surface area (Å²) in [5, 5.41) is 3.32. The highest BCUT2D eigenvalue weighted by molar-refractivity contribution is 5.91. The molecule has 1 amide bonds. The number of aromatic nitrogens is 1. The Labute approximate surface area is 160 Å². The van der Waals surface area contributed by atoms with Crippen LogP contribution in [0.3, 0.4) is 0 Å². The van der Waals surface area contributed by atoms with Crippen LogP contribution in [0.15, 0.2) is 36.4 Å². The molecular formula is C21H20F3N3O. The molecule has 4 rings (SSSR count). The second kappa shape index (κ2) is 7.31. The van der Waals surface area contributed by atoms with E-state index in [0.717, 1.165) is 11.6 Å². The lowest BCUT2D eigenvalue weighted by Crippen LogP contribution is -2.52. The molecule has 0 atom stereocenters. The van der Waals surface area contributed by atoms with Gasteiger partial charge in [-0.25, -0.2) is 13.2 Å². The molecule has 2 aromatic carbocycles. The number of nitrogens with zero attached hydrogens (tertiary/aromatic N) is 1. The summed E-state index contributed by atoms with van der Waals surface area (Å²) in [6.45, 7) is 1.50. The zero-order chi connectivity index (χ0) is 19.8. The van der Waals surface area contributed by atoms with Crippen molar-refractivity contribution in [2.45, 2.75) is 6.42 Å². The van der Waals surface area contributed by atoms with E-state index < -0.39 is 11.6 Å². The zero-order valence-electron chi connectivity index (χ0n) is 15.4. The van der Waals surface area contributed by atoms with E-state index in [1.807, 2.05) is 0 Å². The number of likely N-dealkylation sites (N-methyl/N-ethyl adjacent to an activating group) is 1. The van der Waals surface area contributed by atoms with Gasteiger partial charge in [0.1, 0.15) is 17.5 Å². The van der Waals surface area contributed by atoms with E-state index in [1.165, 1.54) is 18.2 Å². The molecule has 146 valence electrons. The highest BCUT2D eigenvalue weighted by Gasteiger charge is 2.32. The molecule has 2 N–H and O–H groups in total. The van der Waals surface area contributed by atoms with Crippen LogP contribution in [-0.4, -0.2) is 42.5 Å². The molecule has 0 aliphatic carbocycles. The number of aromatic amines is 1. The van der Waals surface area contributed by atoms with Gasteiger partial charge in [0, 0.05) is 30.2 Å². The smallest absolute Gasteiger partial charge is 0.236 e. The van der Waals surface area contributed by atoms with E-state index in [4.69, 9.17) is 0 Å². The minimum atomic E-state index is -0.663. The first-order valence-corrected chi connectivity index (χ1v) is 9.14. The predicted molar refractivity (Wildman–Crippen MR) is 101 cm³/mol. The topological polar surface area (TPSA) is 48.1 Å². The van der Waals surface area contributed by atoms with Crippen LogP contribution in [0.4, 0.5) is 13.2 Å². The number of carbonyl (C=O) groups is 1. The van der Waals surface area contributed by atoms with Crippen molar-refractivity contribution in [1.29, 1.82) is 0 Å². The fourth-order valence-corrected chi connectivity index (χ4v) is 3.80. The van der Waals surface area contributed by atoms with Gasteiger partial charge in [-0.1, -0.05) is 0 Å². The third kappa shape index (κ3) is 3.38. The SMILES string of the molecule is CNCC(=O)N1CC(Cc2c(-c3ccc(F)cc3)[nH]c3c(F)cc(F)cc23)C1. The number of hydrogen-bond acceptors (Lipinski definition) is 2. The number of H-pyrrole nitrogens is 1. The third-order valence-electron chi connectivity index (χ3n) is 5.20. The van der Waals surface area contributed by atoms with Gasteiger partial charge in [-0.2, -0.15) is 0 Å². The molecule has 0 bridgehead atoms. The normalized spacial score (nSPS) is 14.5. The Bertz CT molecular complexity index is 1020. The number of carbonyl (C=O) groups excluding carboxylic acids is 1. The van der Waals surface area contributed by atoms with Crippen LogP contribution in [-0.2, 0) is 11.2 Å². The van der Waals surface area contributed by atoms with E-state index in [1.54, 1.807) is 24.1 Å². The summed E-state index contributed by atoms with van der Waals surface area (Å²) in [4.78, 5) is 16.7. The second-order valence-electron chi connectivity index (χ2n) is 7.19. The van der Waals surface area contributed by atoms with Crippen LogP contribution < -0.4 is 5.32 Å². The van der Waals surface area contributed by atoms with Gasteiger partial charge >= 0.3 is 0 Å². The highest BCUT2D eigenvalue weighted by atomic mass is 19.1. The number of hydrogen-bond donors (Lipinski definition) is 2. The average Bonchev–Trinajstić information content (AvgIpc) is 2.97. The maximum Gasteiger partial charge on any atom is 0.236 e. The van der Waals surface area contributed by atoms with Crippen molar-refractivity contribution < 1.29 is 18.0 Å². The number of benzene rings is 2. The summed E-state index contributed by atoms with van der Waals surface area (Å²) in [6, 6.07) is 8.06. The molecule has 0 radical (unpaired) electrons. The van der Waals surface area contributed by atoms with Crippen molar-refractivity contribution in [2.24, 2.45) is 5.92 Å². The van der Waals surface area contributed by atoms with Crippen LogP contribution in [0.5, 0.6) is 0 Å². The van der Waals surface area contributed by atoms with Crippen molar-refractivity contribution in [3.63, 3.8) is 0 Å². The maximum atomic E-state index is 14.3. The molecule has 1 aliphatic rings. The minimum absolute atomic E-state index is 0.0357. The summed E-state index contributed by atoms with van der Waals surface area (Å²) in [5.41, 5.74) is 2.37. The van der Waals surface area contributed by atoms with Gasteiger partial charge in [0.25, 0.3) is 0 Å². The quantitative estimate of drug-likeness (QED) is 0.704. The van der Waals surface area contributed by atoms with Gasteiger partial charge in [-0.15, -0.1) is 0 Å². The molecule has 7 heteroatoms. The Kier molecular flexibility index (Phi) is 4.85. The van der Waals surface area contributed by atoms with Gasteiger partial charge in [-0.3, -0.25) is 4.79 Å².